The van der Waals surface area contributed by atoms with Crippen LogP contribution >= 0.6 is 36.2 Å². The molecule has 0 bridgehead atoms. The van der Waals surface area contributed by atoms with Crippen molar-refractivity contribution in [2.75, 3.05) is 11.4 Å². The summed E-state index contributed by atoms with van der Waals surface area (Å²) in [4.78, 5) is 11.5. The third-order valence-electron chi connectivity index (χ3n) is 5.36. The molecule has 0 amide bonds. The molecule has 4 rings (SSSR count). The first-order valence-electron chi connectivity index (χ1n) is 9.23. The highest BCUT2D eigenvalue weighted by Gasteiger charge is 2.32. The predicted molar refractivity (Wildman–Crippen MR) is 125 cm³/mol. The second-order valence-electron chi connectivity index (χ2n) is 7.93. The monoisotopic (exact) mass is 435 g/mol. The quantitative estimate of drug-likeness (QED) is 0.463. The van der Waals surface area contributed by atoms with Gasteiger partial charge in [-0.2, -0.15) is 0 Å². The van der Waals surface area contributed by atoms with E-state index in [9.17, 15) is 0 Å². The molecule has 3 aromatic rings. The molecule has 0 unspecified atom stereocenters. The number of rotatable bonds is 3. The summed E-state index contributed by atoms with van der Waals surface area (Å²) in [7, 11) is 0. The van der Waals surface area contributed by atoms with E-state index in [1.165, 1.54) is 23.2 Å². The van der Waals surface area contributed by atoms with Gasteiger partial charge in [-0.05, 0) is 55.5 Å². The lowest BCUT2D eigenvalue weighted by Crippen LogP contribution is -2.41. The van der Waals surface area contributed by atoms with Crippen LogP contribution in [0.3, 0.4) is 0 Å². The molecular weight excluding hydrogens is 409 g/mol. The van der Waals surface area contributed by atoms with Crippen molar-refractivity contribution in [2.24, 2.45) is 0 Å². The van der Waals surface area contributed by atoms with Crippen molar-refractivity contribution in [1.29, 1.82) is 0 Å². The van der Waals surface area contributed by atoms with Gasteiger partial charge in [-0.25, -0.2) is 4.98 Å². The Morgan fingerprint density at radius 2 is 1.75 bits per heavy atom. The zero-order chi connectivity index (χ0) is 18.3. The van der Waals surface area contributed by atoms with Crippen molar-refractivity contribution in [3.63, 3.8) is 0 Å². The highest BCUT2D eigenvalue weighted by Crippen LogP contribution is 2.42. The van der Waals surface area contributed by atoms with Crippen LogP contribution in [0.4, 0.5) is 5.69 Å². The summed E-state index contributed by atoms with van der Waals surface area (Å²) in [5.74, 6) is 0. The molecule has 1 aromatic carbocycles. The zero-order valence-electron chi connectivity index (χ0n) is 16.7. The average Bonchev–Trinajstić information content (AvgIpc) is 3.12. The number of halogens is 2. The molecule has 3 nitrogen and oxygen atoms in total. The lowest BCUT2D eigenvalue weighted by Gasteiger charge is -2.42. The third kappa shape index (κ3) is 4.19. The normalized spacial score (nSPS) is 14.8. The van der Waals surface area contributed by atoms with Crippen LogP contribution < -0.4 is 4.90 Å². The Labute approximate surface area is 184 Å². The highest BCUT2D eigenvalue weighted by atomic mass is 35.5. The lowest BCUT2D eigenvalue weighted by molar-refractivity contribution is 0.442. The maximum absolute atomic E-state index is 4.88. The second-order valence-corrected chi connectivity index (χ2v) is 8.78. The van der Waals surface area contributed by atoms with Crippen molar-refractivity contribution >= 4 is 41.8 Å². The number of hydrogen-bond acceptors (Lipinski definition) is 4. The Hall–Kier alpha value is -1.62. The number of aromatic nitrogens is 2. The minimum absolute atomic E-state index is 0. The van der Waals surface area contributed by atoms with Crippen molar-refractivity contribution in [2.45, 2.75) is 45.6 Å². The van der Waals surface area contributed by atoms with E-state index in [1.807, 2.05) is 24.5 Å². The molecule has 2 aromatic heterocycles. The van der Waals surface area contributed by atoms with Crippen LogP contribution in [0.1, 0.15) is 39.7 Å². The van der Waals surface area contributed by atoms with E-state index in [1.54, 1.807) is 11.3 Å². The van der Waals surface area contributed by atoms with Gasteiger partial charge in [0.15, 0.2) is 0 Å². The molecule has 0 spiro atoms. The van der Waals surface area contributed by atoms with Crippen molar-refractivity contribution in [1.82, 2.24) is 9.97 Å². The summed E-state index contributed by atoms with van der Waals surface area (Å²) >= 11 is 1.69. The van der Waals surface area contributed by atoms with E-state index in [-0.39, 0.29) is 30.2 Å². The smallest absolute Gasteiger partial charge is 0.124 e. The van der Waals surface area contributed by atoms with E-state index in [4.69, 9.17) is 4.98 Å². The van der Waals surface area contributed by atoms with Gasteiger partial charge in [-0.3, -0.25) is 4.98 Å². The van der Waals surface area contributed by atoms with Gasteiger partial charge >= 0.3 is 0 Å². The van der Waals surface area contributed by atoms with Crippen LogP contribution in [0.5, 0.6) is 0 Å². The molecule has 3 heterocycles. The van der Waals surface area contributed by atoms with E-state index >= 15 is 0 Å². The number of benzene rings is 1. The predicted octanol–water partition coefficient (Wildman–Crippen LogP) is 6.61. The summed E-state index contributed by atoms with van der Waals surface area (Å²) in [6, 6.07) is 11.4. The summed E-state index contributed by atoms with van der Waals surface area (Å²) < 4.78 is 0. The fraction of sp³-hybridized carbons (Fsp3) is 0.364. The first-order valence-corrected chi connectivity index (χ1v) is 10.1. The second kappa shape index (κ2) is 8.81. The van der Waals surface area contributed by atoms with Gasteiger partial charge < -0.3 is 4.90 Å². The number of nitrogens with zero attached hydrogens (tertiary/aromatic N) is 3. The Bertz CT molecular complexity index is 923. The Morgan fingerprint density at radius 3 is 2.43 bits per heavy atom. The summed E-state index contributed by atoms with van der Waals surface area (Å²) in [6.07, 6.45) is 4.82. The van der Waals surface area contributed by atoms with Crippen LogP contribution in [-0.4, -0.2) is 22.6 Å². The average molecular weight is 436 g/mol. The molecule has 28 heavy (non-hydrogen) atoms. The van der Waals surface area contributed by atoms with E-state index < -0.39 is 0 Å². The zero-order valence-corrected chi connectivity index (χ0v) is 19.1. The van der Waals surface area contributed by atoms with Crippen molar-refractivity contribution < 1.29 is 0 Å². The molecule has 0 saturated heterocycles. The van der Waals surface area contributed by atoms with Gasteiger partial charge in [0.1, 0.15) is 5.01 Å². The first-order chi connectivity index (χ1) is 12.5. The number of pyridine rings is 1. The number of fused-ring (bicyclic) bond motifs is 1. The fourth-order valence-electron chi connectivity index (χ4n) is 3.71. The van der Waals surface area contributed by atoms with Crippen molar-refractivity contribution in [3.8, 4) is 21.8 Å². The highest BCUT2D eigenvalue weighted by molar-refractivity contribution is 7.13. The topological polar surface area (TPSA) is 29.0 Å². The number of hydrogen-bond donors (Lipinski definition) is 0. The number of thiazole rings is 1. The molecule has 0 saturated carbocycles. The van der Waals surface area contributed by atoms with Crippen LogP contribution in [0.25, 0.3) is 21.8 Å². The van der Waals surface area contributed by atoms with Gasteiger partial charge in [0, 0.05) is 47.2 Å². The Morgan fingerprint density at radius 1 is 1.04 bits per heavy atom. The van der Waals surface area contributed by atoms with Crippen LogP contribution in [-0.2, 0) is 5.41 Å². The summed E-state index contributed by atoms with van der Waals surface area (Å²) in [6.45, 7) is 10.4. The minimum Gasteiger partial charge on any atom is -0.369 e. The third-order valence-corrected chi connectivity index (χ3v) is 6.25. The van der Waals surface area contributed by atoms with Crippen LogP contribution in [0.15, 0.2) is 48.1 Å². The molecular formula is C22H27Cl2N3S. The van der Waals surface area contributed by atoms with E-state index in [0.29, 0.717) is 6.04 Å². The molecule has 0 aliphatic carbocycles. The Balaban J connectivity index is 0.00000140. The first kappa shape index (κ1) is 22.7. The summed E-state index contributed by atoms with van der Waals surface area (Å²) in [5, 5.41) is 3.20. The maximum Gasteiger partial charge on any atom is 0.124 e. The SMILES string of the molecule is CC(C)N1CCC(C)(C)c2cc(-c3csc(-c4ccncc4)n3)ccc21.Cl.Cl. The molecule has 0 fully saturated rings. The van der Waals surface area contributed by atoms with Gasteiger partial charge in [-0.15, -0.1) is 36.2 Å². The largest absolute Gasteiger partial charge is 0.369 e. The minimum atomic E-state index is 0. The fourth-order valence-corrected chi connectivity index (χ4v) is 4.55. The number of anilines is 1. The van der Waals surface area contributed by atoms with Gasteiger partial charge in [0.2, 0.25) is 0 Å². The lowest BCUT2D eigenvalue weighted by atomic mass is 9.76. The van der Waals surface area contributed by atoms with Gasteiger partial charge in [0.25, 0.3) is 0 Å². The molecule has 1 aliphatic heterocycles. The van der Waals surface area contributed by atoms with Crippen LogP contribution in [0.2, 0.25) is 0 Å². The Kier molecular flexibility index (Phi) is 7.13. The molecule has 1 aliphatic rings. The molecule has 0 atom stereocenters. The standard InChI is InChI=1S/C22H25N3S.2ClH/c1-15(2)25-12-9-22(3,4)18-13-17(5-6-20(18)25)19-14-26-21(24-19)16-7-10-23-11-8-16;;/h5-8,10-11,13-15H,9,12H2,1-4H3;2*1H. The van der Waals surface area contributed by atoms with E-state index in [0.717, 1.165) is 22.8 Å². The van der Waals surface area contributed by atoms with Crippen LogP contribution in [0, 0.1) is 0 Å². The van der Waals surface area contributed by atoms with Crippen molar-refractivity contribution in [3.05, 3.63) is 53.7 Å². The van der Waals surface area contributed by atoms with Gasteiger partial charge in [0.05, 0.1) is 5.69 Å². The van der Waals surface area contributed by atoms with E-state index in [2.05, 4.69) is 61.2 Å². The molecule has 6 heteroatoms. The molecule has 150 valence electrons. The summed E-state index contributed by atoms with van der Waals surface area (Å²) in [5.41, 5.74) is 6.40. The molecule has 0 N–H and O–H groups in total. The van der Waals surface area contributed by atoms with Gasteiger partial charge in [-0.1, -0.05) is 19.9 Å². The maximum atomic E-state index is 4.88. The molecule has 0 radical (unpaired) electrons.